The fourth-order valence-electron chi connectivity index (χ4n) is 2.10. The molecule has 2 rings (SSSR count). The lowest BCUT2D eigenvalue weighted by Gasteiger charge is -2.13. The van der Waals surface area contributed by atoms with Crippen LogP contribution in [0.2, 0.25) is 10.0 Å². The molecule has 0 amide bonds. The van der Waals surface area contributed by atoms with Crippen LogP contribution >= 0.6 is 23.2 Å². The van der Waals surface area contributed by atoms with Crippen molar-refractivity contribution in [3.8, 4) is 5.69 Å². The van der Waals surface area contributed by atoms with Crippen molar-refractivity contribution in [2.45, 2.75) is 20.1 Å². The second kappa shape index (κ2) is 5.91. The van der Waals surface area contributed by atoms with Gasteiger partial charge in [0.2, 0.25) is 0 Å². The first-order chi connectivity index (χ1) is 9.51. The molecule has 2 N–H and O–H groups in total. The van der Waals surface area contributed by atoms with Crippen molar-refractivity contribution in [1.82, 2.24) is 9.36 Å². The van der Waals surface area contributed by atoms with Crippen LogP contribution in [0.3, 0.4) is 0 Å². The molecule has 5 nitrogen and oxygen atoms in total. The summed E-state index contributed by atoms with van der Waals surface area (Å²) in [5.41, 5.74) is 7.02. The van der Waals surface area contributed by atoms with Gasteiger partial charge >= 0.3 is 0 Å². The number of hydrogen-bond acceptors (Lipinski definition) is 3. The summed E-state index contributed by atoms with van der Waals surface area (Å²) in [5.74, 6) is 0. The number of nitrogens with two attached hydrogens (primary N) is 1. The number of benzene rings is 1. The Balaban J connectivity index is 2.70. The zero-order valence-electron chi connectivity index (χ0n) is 11.2. The summed E-state index contributed by atoms with van der Waals surface area (Å²) in [7, 11) is 1.56. The summed E-state index contributed by atoms with van der Waals surface area (Å²) in [5, 5.41) is 0.815. The zero-order valence-corrected chi connectivity index (χ0v) is 12.7. The monoisotopic (exact) mass is 315 g/mol. The number of anilines is 1. The molecule has 0 unspecified atom stereocenters. The van der Waals surface area contributed by atoms with Gasteiger partial charge in [0, 0.05) is 13.7 Å². The summed E-state index contributed by atoms with van der Waals surface area (Å²) in [6.45, 7) is 2.76. The summed E-state index contributed by atoms with van der Waals surface area (Å²) in [4.78, 5) is 12.3. The van der Waals surface area contributed by atoms with Crippen LogP contribution in [0.5, 0.6) is 0 Å². The van der Waals surface area contributed by atoms with Gasteiger partial charge in [0.25, 0.3) is 5.56 Å². The number of methoxy groups -OCH3 is 1. The van der Waals surface area contributed by atoms with Crippen LogP contribution in [-0.2, 0) is 17.9 Å². The van der Waals surface area contributed by atoms with Crippen LogP contribution in [0.4, 0.5) is 5.69 Å². The van der Waals surface area contributed by atoms with Crippen molar-refractivity contribution in [3.63, 3.8) is 0 Å². The van der Waals surface area contributed by atoms with Crippen LogP contribution in [0.25, 0.3) is 5.69 Å². The Hall–Kier alpha value is -1.43. The smallest absolute Gasteiger partial charge is 0.294 e. The number of halogens is 2. The van der Waals surface area contributed by atoms with Gasteiger partial charge in [-0.3, -0.25) is 9.48 Å². The fourth-order valence-corrected chi connectivity index (χ4v) is 2.39. The number of hydrogen-bond donors (Lipinski definition) is 1. The predicted molar refractivity (Wildman–Crippen MR) is 80.8 cm³/mol. The average molecular weight is 316 g/mol. The Labute approximate surface area is 126 Å². The van der Waals surface area contributed by atoms with E-state index in [1.165, 1.54) is 4.68 Å². The lowest BCUT2D eigenvalue weighted by Crippen LogP contribution is -2.22. The van der Waals surface area contributed by atoms with E-state index in [4.69, 9.17) is 33.7 Å². The topological polar surface area (TPSA) is 62.2 Å². The molecule has 2 aromatic rings. The van der Waals surface area contributed by atoms with Gasteiger partial charge < -0.3 is 10.5 Å². The third-order valence-corrected chi connectivity index (χ3v) is 3.75. The van der Waals surface area contributed by atoms with Crippen molar-refractivity contribution in [2.75, 3.05) is 12.8 Å². The maximum Gasteiger partial charge on any atom is 0.294 e. The van der Waals surface area contributed by atoms with Crippen molar-refractivity contribution in [2.24, 2.45) is 0 Å². The van der Waals surface area contributed by atoms with Crippen LogP contribution < -0.4 is 11.3 Å². The van der Waals surface area contributed by atoms with Gasteiger partial charge in [-0.25, -0.2) is 4.68 Å². The highest BCUT2D eigenvalue weighted by Gasteiger charge is 2.18. The second-order valence-corrected chi connectivity index (χ2v) is 5.04. The van der Waals surface area contributed by atoms with Crippen molar-refractivity contribution < 1.29 is 4.74 Å². The number of ether oxygens (including phenoxy) is 1. The van der Waals surface area contributed by atoms with Crippen LogP contribution in [0, 0.1) is 0 Å². The molecule has 7 heteroatoms. The molecular formula is C13H15Cl2N3O2. The van der Waals surface area contributed by atoms with Crippen LogP contribution in [0.1, 0.15) is 12.6 Å². The molecule has 108 valence electrons. The third-order valence-electron chi connectivity index (χ3n) is 3.02. The SMILES string of the molecule is CCn1c(COC)c(N)c(=O)n1-c1ccc(Cl)c(Cl)c1. The zero-order chi connectivity index (χ0) is 14.9. The third kappa shape index (κ3) is 2.44. The van der Waals surface area contributed by atoms with Gasteiger partial charge in [-0.15, -0.1) is 0 Å². The second-order valence-electron chi connectivity index (χ2n) is 4.22. The fraction of sp³-hybridized carbons (Fsp3) is 0.308. The molecule has 20 heavy (non-hydrogen) atoms. The van der Waals surface area contributed by atoms with E-state index in [2.05, 4.69) is 0 Å². The minimum Gasteiger partial charge on any atom is -0.393 e. The molecule has 0 spiro atoms. The number of rotatable bonds is 4. The lowest BCUT2D eigenvalue weighted by atomic mass is 10.3. The average Bonchev–Trinajstić information content (AvgIpc) is 2.67. The van der Waals surface area contributed by atoms with Crippen LogP contribution in [0.15, 0.2) is 23.0 Å². The molecule has 0 saturated heterocycles. The van der Waals surface area contributed by atoms with Gasteiger partial charge in [0.15, 0.2) is 0 Å². The Morgan fingerprint density at radius 3 is 2.55 bits per heavy atom. The van der Waals surface area contributed by atoms with E-state index in [1.807, 2.05) is 6.92 Å². The molecule has 0 aliphatic rings. The predicted octanol–water partition coefficient (Wildman–Crippen LogP) is 2.69. The maximum atomic E-state index is 12.3. The highest BCUT2D eigenvalue weighted by atomic mass is 35.5. The van der Waals surface area contributed by atoms with Crippen molar-refractivity contribution in [3.05, 3.63) is 44.3 Å². The lowest BCUT2D eigenvalue weighted by molar-refractivity contribution is 0.176. The van der Waals surface area contributed by atoms with Gasteiger partial charge in [-0.2, -0.15) is 0 Å². The van der Waals surface area contributed by atoms with E-state index < -0.39 is 0 Å². The van der Waals surface area contributed by atoms with Gasteiger partial charge in [0.05, 0.1) is 28.0 Å². The molecule has 0 aliphatic carbocycles. The highest BCUT2D eigenvalue weighted by molar-refractivity contribution is 6.42. The van der Waals surface area contributed by atoms with Crippen molar-refractivity contribution in [1.29, 1.82) is 0 Å². The minimum absolute atomic E-state index is 0.180. The molecule has 1 heterocycles. The van der Waals surface area contributed by atoms with E-state index in [9.17, 15) is 4.79 Å². The minimum atomic E-state index is -0.294. The van der Waals surface area contributed by atoms with Crippen LogP contribution in [-0.4, -0.2) is 16.5 Å². The van der Waals surface area contributed by atoms with Gasteiger partial charge in [-0.1, -0.05) is 23.2 Å². The van der Waals surface area contributed by atoms with E-state index >= 15 is 0 Å². The quantitative estimate of drug-likeness (QED) is 0.943. The molecule has 0 aliphatic heterocycles. The summed E-state index contributed by atoms with van der Waals surface area (Å²) < 4.78 is 8.34. The Bertz CT molecular complexity index is 692. The molecule has 0 bridgehead atoms. The maximum absolute atomic E-state index is 12.3. The van der Waals surface area contributed by atoms with Crippen molar-refractivity contribution >= 4 is 28.9 Å². The standard InChI is InChI=1S/C13H15Cl2N3O2/c1-3-17-11(7-20-2)12(16)13(19)18(17)8-4-5-9(14)10(15)6-8/h4-6H,3,7,16H2,1-2H3. The Morgan fingerprint density at radius 2 is 2.00 bits per heavy atom. The van der Waals surface area contributed by atoms with E-state index in [-0.39, 0.29) is 17.9 Å². The van der Waals surface area contributed by atoms with E-state index in [0.29, 0.717) is 28.0 Å². The number of aromatic nitrogens is 2. The molecule has 0 radical (unpaired) electrons. The van der Waals surface area contributed by atoms with E-state index in [0.717, 1.165) is 0 Å². The largest absolute Gasteiger partial charge is 0.393 e. The summed E-state index contributed by atoms with van der Waals surface area (Å²) >= 11 is 11.9. The number of nitrogens with zero attached hydrogens (tertiary/aromatic N) is 2. The molecular weight excluding hydrogens is 301 g/mol. The van der Waals surface area contributed by atoms with Gasteiger partial charge in [-0.05, 0) is 25.1 Å². The van der Waals surface area contributed by atoms with Gasteiger partial charge in [0.1, 0.15) is 5.69 Å². The Morgan fingerprint density at radius 1 is 1.30 bits per heavy atom. The highest BCUT2D eigenvalue weighted by Crippen LogP contribution is 2.25. The first-order valence-electron chi connectivity index (χ1n) is 6.05. The summed E-state index contributed by atoms with van der Waals surface area (Å²) in [6.07, 6.45) is 0. The Kier molecular flexibility index (Phi) is 4.42. The number of nitrogen functional groups attached to an aromatic ring is 1. The first kappa shape index (κ1) is 15.0. The molecule has 0 saturated carbocycles. The normalized spacial score (nSPS) is 11.0. The molecule has 0 fully saturated rings. The molecule has 1 aromatic carbocycles. The molecule has 0 atom stereocenters. The molecule has 1 aromatic heterocycles. The van der Waals surface area contributed by atoms with E-state index in [1.54, 1.807) is 30.0 Å². The first-order valence-corrected chi connectivity index (χ1v) is 6.81. The summed E-state index contributed by atoms with van der Waals surface area (Å²) in [6, 6.07) is 5.00.